The minimum absolute atomic E-state index is 0.0417. The second-order valence-corrected chi connectivity index (χ2v) is 8.17. The highest BCUT2D eigenvalue weighted by Crippen LogP contribution is 2.52. The summed E-state index contributed by atoms with van der Waals surface area (Å²) in [6, 6.07) is 0. The fourth-order valence-electron chi connectivity index (χ4n) is 5.43. The molecule has 4 aliphatic rings. The van der Waals surface area contributed by atoms with E-state index in [0.717, 1.165) is 6.42 Å². The Bertz CT molecular complexity index is 654. The van der Waals surface area contributed by atoms with E-state index >= 15 is 0 Å². The highest BCUT2D eigenvalue weighted by Gasteiger charge is 2.67. The summed E-state index contributed by atoms with van der Waals surface area (Å²) >= 11 is 0. The summed E-state index contributed by atoms with van der Waals surface area (Å²) in [6.07, 6.45) is 6.69. The van der Waals surface area contributed by atoms with Gasteiger partial charge >= 0.3 is 5.97 Å². The number of nitrogens with zero attached hydrogens (tertiary/aromatic N) is 1. The Morgan fingerprint density at radius 1 is 1.46 bits per heavy atom. The van der Waals surface area contributed by atoms with Crippen molar-refractivity contribution in [1.29, 1.82) is 0 Å². The Morgan fingerprint density at radius 2 is 2.21 bits per heavy atom. The molecule has 2 bridgehead atoms. The molecule has 0 aromatic carbocycles. The van der Waals surface area contributed by atoms with E-state index in [4.69, 9.17) is 4.74 Å². The monoisotopic (exact) mass is 331 g/mol. The number of hydrogen-bond donors (Lipinski definition) is 1. The molecule has 3 heterocycles. The third-order valence-electron chi connectivity index (χ3n) is 6.49. The van der Waals surface area contributed by atoms with Crippen molar-refractivity contribution in [2.24, 2.45) is 29.6 Å². The predicted octanol–water partition coefficient (Wildman–Crippen LogP) is 2.09. The van der Waals surface area contributed by atoms with Crippen molar-refractivity contribution in [1.82, 2.24) is 4.90 Å². The SMILES string of the molecule is CC1=C[C@H](C)[C@H](CN2C[C@@]34C=C[C@@H](O3)[C@H](C(=O)O)[C@H]4C2=O)[C@H](C)C1. The van der Waals surface area contributed by atoms with Crippen LogP contribution in [0.15, 0.2) is 23.8 Å². The number of carbonyl (C=O) groups is 2. The summed E-state index contributed by atoms with van der Waals surface area (Å²) in [7, 11) is 0. The van der Waals surface area contributed by atoms with Gasteiger partial charge in [0.15, 0.2) is 0 Å². The number of rotatable bonds is 3. The number of aliphatic carboxylic acids is 1. The van der Waals surface area contributed by atoms with Gasteiger partial charge in [0.05, 0.1) is 18.6 Å². The van der Waals surface area contributed by atoms with E-state index in [9.17, 15) is 14.7 Å². The highest BCUT2D eigenvalue weighted by atomic mass is 16.5. The molecule has 2 fully saturated rings. The predicted molar refractivity (Wildman–Crippen MR) is 88.1 cm³/mol. The van der Waals surface area contributed by atoms with Gasteiger partial charge in [0, 0.05) is 6.54 Å². The van der Waals surface area contributed by atoms with E-state index in [1.54, 1.807) is 0 Å². The molecule has 0 aromatic heterocycles. The lowest BCUT2D eigenvalue weighted by Gasteiger charge is -2.36. The van der Waals surface area contributed by atoms with Gasteiger partial charge in [0.25, 0.3) is 0 Å². The largest absolute Gasteiger partial charge is 0.481 e. The first-order valence-corrected chi connectivity index (χ1v) is 8.88. The third-order valence-corrected chi connectivity index (χ3v) is 6.49. The van der Waals surface area contributed by atoms with Crippen LogP contribution in [0.3, 0.4) is 0 Å². The highest BCUT2D eigenvalue weighted by molar-refractivity contribution is 5.90. The molecule has 1 N–H and O–H groups in total. The van der Waals surface area contributed by atoms with E-state index in [1.807, 2.05) is 17.1 Å². The maximum absolute atomic E-state index is 13.0. The van der Waals surface area contributed by atoms with Gasteiger partial charge in [-0.1, -0.05) is 37.6 Å². The van der Waals surface area contributed by atoms with E-state index < -0.39 is 29.5 Å². The number of allylic oxidation sites excluding steroid dienone is 2. The number of amides is 1. The van der Waals surface area contributed by atoms with E-state index in [-0.39, 0.29) is 5.91 Å². The molecule has 0 aromatic rings. The smallest absolute Gasteiger partial charge is 0.310 e. The molecule has 0 radical (unpaired) electrons. The topological polar surface area (TPSA) is 66.8 Å². The van der Waals surface area contributed by atoms with Crippen molar-refractivity contribution in [2.45, 2.75) is 38.9 Å². The lowest BCUT2D eigenvalue weighted by atomic mass is 9.75. The molecular weight excluding hydrogens is 306 g/mol. The van der Waals surface area contributed by atoms with Gasteiger partial charge in [-0.25, -0.2) is 0 Å². The van der Waals surface area contributed by atoms with Gasteiger partial charge in [-0.15, -0.1) is 0 Å². The second kappa shape index (κ2) is 5.19. The molecular formula is C19H25NO4. The maximum Gasteiger partial charge on any atom is 0.310 e. The van der Waals surface area contributed by atoms with Crippen LogP contribution in [0.25, 0.3) is 0 Å². The lowest BCUT2D eigenvalue weighted by molar-refractivity contribution is -0.148. The molecule has 130 valence electrons. The molecule has 5 heteroatoms. The Kier molecular flexibility index (Phi) is 3.43. The molecule has 0 unspecified atom stereocenters. The van der Waals surface area contributed by atoms with Crippen molar-refractivity contribution >= 4 is 11.9 Å². The van der Waals surface area contributed by atoms with Crippen LogP contribution in [0.5, 0.6) is 0 Å². The first-order valence-electron chi connectivity index (χ1n) is 8.88. The van der Waals surface area contributed by atoms with Gasteiger partial charge in [-0.3, -0.25) is 9.59 Å². The fourth-order valence-corrected chi connectivity index (χ4v) is 5.43. The molecule has 0 saturated carbocycles. The van der Waals surface area contributed by atoms with Gasteiger partial charge in [-0.05, 0) is 31.1 Å². The van der Waals surface area contributed by atoms with Crippen LogP contribution in [-0.4, -0.2) is 46.7 Å². The molecule has 5 nitrogen and oxygen atoms in total. The molecule has 7 atom stereocenters. The lowest BCUT2D eigenvalue weighted by Crippen LogP contribution is -2.41. The zero-order valence-electron chi connectivity index (χ0n) is 14.4. The molecule has 24 heavy (non-hydrogen) atoms. The fraction of sp³-hybridized carbons (Fsp3) is 0.684. The number of carboxylic acid groups (broad SMARTS) is 1. The van der Waals surface area contributed by atoms with Crippen LogP contribution in [0.4, 0.5) is 0 Å². The average Bonchev–Trinajstić information content (AvgIpc) is 3.11. The molecule has 4 rings (SSSR count). The zero-order chi connectivity index (χ0) is 17.2. The summed E-state index contributed by atoms with van der Waals surface area (Å²) in [5.74, 6) is -0.893. The third kappa shape index (κ3) is 2.10. The Labute approximate surface area is 142 Å². The number of carboxylic acids is 1. The van der Waals surface area contributed by atoms with E-state index in [1.165, 1.54) is 5.57 Å². The first-order chi connectivity index (χ1) is 11.3. The van der Waals surface area contributed by atoms with Crippen molar-refractivity contribution < 1.29 is 19.4 Å². The molecule has 1 amide bonds. The van der Waals surface area contributed by atoms with Crippen molar-refractivity contribution in [2.75, 3.05) is 13.1 Å². The van der Waals surface area contributed by atoms with Crippen LogP contribution in [0.2, 0.25) is 0 Å². The number of likely N-dealkylation sites (tertiary alicyclic amines) is 1. The Balaban J connectivity index is 1.56. The molecule has 3 aliphatic heterocycles. The Hall–Kier alpha value is -1.62. The molecule has 1 aliphatic carbocycles. The number of ether oxygens (including phenoxy) is 1. The molecule has 1 spiro atoms. The average molecular weight is 331 g/mol. The van der Waals surface area contributed by atoms with Crippen molar-refractivity contribution in [3.05, 3.63) is 23.8 Å². The summed E-state index contributed by atoms with van der Waals surface area (Å²) in [5.41, 5.74) is 0.711. The quantitative estimate of drug-likeness (QED) is 0.804. The number of fused-ring (bicyclic) bond motifs is 1. The maximum atomic E-state index is 13.0. The summed E-state index contributed by atoms with van der Waals surface area (Å²) in [4.78, 5) is 26.5. The van der Waals surface area contributed by atoms with Gasteiger partial charge in [0.1, 0.15) is 11.5 Å². The van der Waals surface area contributed by atoms with Crippen LogP contribution in [0.1, 0.15) is 27.2 Å². The van der Waals surface area contributed by atoms with E-state index in [2.05, 4.69) is 26.8 Å². The second-order valence-electron chi connectivity index (χ2n) is 8.17. The standard InChI is InChI=1S/C19H25NO4/c1-10-6-11(2)13(12(3)7-10)8-20-9-19-5-4-14(24-19)15(18(22)23)16(19)17(20)21/h4-6,11-16H,7-9H2,1-3H3,(H,22,23)/t11-,12+,13-,14+,15-,16-,19+/m0/s1. The van der Waals surface area contributed by atoms with Crippen LogP contribution in [0, 0.1) is 29.6 Å². The number of hydrogen-bond acceptors (Lipinski definition) is 3. The zero-order valence-corrected chi connectivity index (χ0v) is 14.4. The normalized spacial score (nSPS) is 46.4. The van der Waals surface area contributed by atoms with Gasteiger partial charge in [0.2, 0.25) is 5.91 Å². The summed E-state index contributed by atoms with van der Waals surface area (Å²) in [5, 5.41) is 9.53. The Morgan fingerprint density at radius 3 is 2.88 bits per heavy atom. The first kappa shape index (κ1) is 15.9. The minimum atomic E-state index is -0.926. The number of carbonyl (C=O) groups excluding carboxylic acids is 1. The van der Waals surface area contributed by atoms with Crippen LogP contribution >= 0.6 is 0 Å². The molecule has 2 saturated heterocycles. The van der Waals surface area contributed by atoms with Gasteiger partial charge in [-0.2, -0.15) is 0 Å². The van der Waals surface area contributed by atoms with E-state index in [0.29, 0.717) is 30.8 Å². The van der Waals surface area contributed by atoms with Crippen molar-refractivity contribution in [3.8, 4) is 0 Å². The van der Waals surface area contributed by atoms with Crippen LogP contribution < -0.4 is 0 Å². The van der Waals surface area contributed by atoms with Crippen LogP contribution in [-0.2, 0) is 14.3 Å². The van der Waals surface area contributed by atoms with Gasteiger partial charge < -0.3 is 14.7 Å². The summed E-state index contributed by atoms with van der Waals surface area (Å²) < 4.78 is 5.95. The minimum Gasteiger partial charge on any atom is -0.481 e. The summed E-state index contributed by atoms with van der Waals surface area (Å²) in [6.45, 7) is 7.82. The van der Waals surface area contributed by atoms with Crippen molar-refractivity contribution in [3.63, 3.8) is 0 Å².